The number of esters is 1. The van der Waals surface area contributed by atoms with Crippen LogP contribution in [0.3, 0.4) is 0 Å². The number of nitrogens with zero attached hydrogens (tertiary/aromatic N) is 3. The van der Waals surface area contributed by atoms with E-state index in [0.717, 1.165) is 5.69 Å². The number of carbonyl (C=O) groups is 2. The van der Waals surface area contributed by atoms with E-state index >= 15 is 0 Å². The second kappa shape index (κ2) is 9.34. The highest BCUT2D eigenvalue weighted by molar-refractivity contribution is 5.95. The SMILES string of the molecule is CCOC(=O)C1(Cc2ccccc2F)CCCN(C(=O)c2cccc(-n3cccn3)c2)C1. The summed E-state index contributed by atoms with van der Waals surface area (Å²) < 4.78 is 21.5. The normalized spacial score (nSPS) is 18.4. The lowest BCUT2D eigenvalue weighted by molar-refractivity contribution is -0.158. The Hall–Kier alpha value is -3.48. The first-order valence-electron chi connectivity index (χ1n) is 10.8. The first-order chi connectivity index (χ1) is 15.5. The summed E-state index contributed by atoms with van der Waals surface area (Å²) in [6, 6.07) is 15.5. The van der Waals surface area contributed by atoms with Gasteiger partial charge in [0.2, 0.25) is 0 Å². The fraction of sp³-hybridized carbons (Fsp3) is 0.320. The van der Waals surface area contributed by atoms with Crippen LogP contribution in [0.5, 0.6) is 0 Å². The third-order valence-electron chi connectivity index (χ3n) is 5.92. The summed E-state index contributed by atoms with van der Waals surface area (Å²) in [5.74, 6) is -0.904. The summed E-state index contributed by atoms with van der Waals surface area (Å²) in [6.45, 7) is 2.70. The van der Waals surface area contributed by atoms with Crippen LogP contribution in [0.15, 0.2) is 67.0 Å². The molecule has 0 spiro atoms. The maximum atomic E-state index is 14.4. The molecule has 3 aromatic rings. The van der Waals surface area contributed by atoms with E-state index in [1.807, 2.05) is 24.4 Å². The average Bonchev–Trinajstić information content (AvgIpc) is 3.36. The van der Waals surface area contributed by atoms with Crippen LogP contribution in [0.1, 0.15) is 35.7 Å². The van der Waals surface area contributed by atoms with Crippen molar-refractivity contribution in [1.82, 2.24) is 14.7 Å². The van der Waals surface area contributed by atoms with E-state index in [1.54, 1.807) is 53.0 Å². The highest BCUT2D eigenvalue weighted by Gasteiger charge is 2.45. The molecule has 0 bridgehead atoms. The van der Waals surface area contributed by atoms with E-state index in [4.69, 9.17) is 4.74 Å². The second-order valence-corrected chi connectivity index (χ2v) is 8.10. The largest absolute Gasteiger partial charge is 0.466 e. The van der Waals surface area contributed by atoms with Crippen molar-refractivity contribution in [2.45, 2.75) is 26.2 Å². The van der Waals surface area contributed by atoms with Gasteiger partial charge in [0.05, 0.1) is 17.7 Å². The number of benzene rings is 2. The lowest BCUT2D eigenvalue weighted by Crippen LogP contribution is -2.51. The Bertz CT molecular complexity index is 1100. The average molecular weight is 435 g/mol. The molecule has 1 amide bonds. The molecule has 1 aliphatic rings. The summed E-state index contributed by atoms with van der Waals surface area (Å²) >= 11 is 0. The standard InChI is InChI=1S/C25H26FN3O3/c1-2-32-24(31)25(17-20-8-3-4-11-22(20)26)12-6-14-28(18-25)23(30)19-9-5-10-21(16-19)29-15-7-13-27-29/h3-5,7-11,13,15-16H,2,6,12,14,17-18H2,1H3. The summed E-state index contributed by atoms with van der Waals surface area (Å²) in [6.07, 6.45) is 4.85. The molecule has 0 aliphatic carbocycles. The van der Waals surface area contributed by atoms with Gasteiger partial charge in [-0.3, -0.25) is 9.59 Å². The molecule has 6 nitrogen and oxygen atoms in total. The zero-order chi connectivity index (χ0) is 22.6. The van der Waals surface area contributed by atoms with Gasteiger partial charge in [-0.05, 0) is 62.1 Å². The van der Waals surface area contributed by atoms with Gasteiger partial charge < -0.3 is 9.64 Å². The van der Waals surface area contributed by atoms with Gasteiger partial charge in [-0.1, -0.05) is 24.3 Å². The van der Waals surface area contributed by atoms with E-state index < -0.39 is 5.41 Å². The van der Waals surface area contributed by atoms with E-state index in [9.17, 15) is 14.0 Å². The van der Waals surface area contributed by atoms with Gasteiger partial charge in [0.25, 0.3) is 5.91 Å². The molecule has 4 rings (SSSR count). The van der Waals surface area contributed by atoms with Crippen LogP contribution < -0.4 is 0 Å². The van der Waals surface area contributed by atoms with Gasteiger partial charge >= 0.3 is 5.97 Å². The lowest BCUT2D eigenvalue weighted by atomic mass is 9.74. The Morgan fingerprint density at radius 2 is 2.00 bits per heavy atom. The molecule has 166 valence electrons. The van der Waals surface area contributed by atoms with Gasteiger partial charge in [-0.15, -0.1) is 0 Å². The summed E-state index contributed by atoms with van der Waals surface area (Å²) in [4.78, 5) is 28.1. The van der Waals surface area contributed by atoms with Crippen LogP contribution >= 0.6 is 0 Å². The van der Waals surface area contributed by atoms with Crippen molar-refractivity contribution in [2.75, 3.05) is 19.7 Å². The van der Waals surface area contributed by atoms with Gasteiger partial charge in [-0.25, -0.2) is 9.07 Å². The van der Waals surface area contributed by atoms with Crippen molar-refractivity contribution in [3.63, 3.8) is 0 Å². The molecular weight excluding hydrogens is 409 g/mol. The maximum Gasteiger partial charge on any atom is 0.314 e. The number of carbonyl (C=O) groups excluding carboxylic acids is 2. The Kier molecular flexibility index (Phi) is 6.35. The van der Waals surface area contributed by atoms with Crippen LogP contribution in [-0.2, 0) is 16.0 Å². The Morgan fingerprint density at radius 1 is 1.16 bits per heavy atom. The van der Waals surface area contributed by atoms with E-state index in [1.165, 1.54) is 6.07 Å². The van der Waals surface area contributed by atoms with Crippen LogP contribution in [0.25, 0.3) is 5.69 Å². The van der Waals surface area contributed by atoms with Gasteiger partial charge in [-0.2, -0.15) is 5.10 Å². The molecule has 7 heteroatoms. The predicted octanol–water partition coefficient (Wildman–Crippen LogP) is 4.04. The number of aromatic nitrogens is 2. The zero-order valence-electron chi connectivity index (χ0n) is 18.0. The number of rotatable bonds is 6. The molecule has 0 saturated carbocycles. The number of ether oxygens (including phenoxy) is 1. The molecule has 32 heavy (non-hydrogen) atoms. The quantitative estimate of drug-likeness (QED) is 0.548. The summed E-state index contributed by atoms with van der Waals surface area (Å²) in [7, 11) is 0. The third-order valence-corrected chi connectivity index (χ3v) is 5.92. The smallest absolute Gasteiger partial charge is 0.314 e. The number of likely N-dealkylation sites (tertiary alicyclic amines) is 1. The van der Waals surface area contributed by atoms with Gasteiger partial charge in [0.1, 0.15) is 5.82 Å². The summed E-state index contributed by atoms with van der Waals surface area (Å²) in [5.41, 5.74) is 0.770. The van der Waals surface area contributed by atoms with Crippen molar-refractivity contribution < 1.29 is 18.7 Å². The van der Waals surface area contributed by atoms with Crippen molar-refractivity contribution in [3.05, 3.63) is 83.9 Å². The number of piperidine rings is 1. The Morgan fingerprint density at radius 3 is 2.75 bits per heavy atom. The molecule has 1 atom stereocenters. The zero-order valence-corrected chi connectivity index (χ0v) is 18.0. The third kappa shape index (κ3) is 4.42. The molecule has 2 heterocycles. The van der Waals surface area contributed by atoms with E-state index in [-0.39, 0.29) is 37.3 Å². The number of amides is 1. The number of halogens is 1. The highest BCUT2D eigenvalue weighted by Crippen LogP contribution is 2.36. The van der Waals surface area contributed by atoms with Gasteiger partial charge in [0, 0.05) is 31.0 Å². The minimum atomic E-state index is -0.980. The molecule has 1 fully saturated rings. The van der Waals surface area contributed by atoms with Crippen LogP contribution in [0.4, 0.5) is 4.39 Å². The fourth-order valence-electron chi connectivity index (χ4n) is 4.36. The predicted molar refractivity (Wildman–Crippen MR) is 118 cm³/mol. The monoisotopic (exact) mass is 435 g/mol. The van der Waals surface area contributed by atoms with Crippen LogP contribution in [0, 0.1) is 11.2 Å². The molecule has 1 aliphatic heterocycles. The van der Waals surface area contributed by atoms with Crippen LogP contribution in [0.2, 0.25) is 0 Å². The molecule has 1 saturated heterocycles. The Balaban J connectivity index is 1.61. The summed E-state index contributed by atoms with van der Waals surface area (Å²) in [5, 5.41) is 4.22. The van der Waals surface area contributed by atoms with Crippen LogP contribution in [-0.4, -0.2) is 46.3 Å². The lowest BCUT2D eigenvalue weighted by Gasteiger charge is -2.41. The highest BCUT2D eigenvalue weighted by atomic mass is 19.1. The topological polar surface area (TPSA) is 64.4 Å². The molecule has 0 radical (unpaired) electrons. The number of hydrogen-bond acceptors (Lipinski definition) is 4. The maximum absolute atomic E-state index is 14.4. The van der Waals surface area contributed by atoms with E-state index in [2.05, 4.69) is 5.10 Å². The second-order valence-electron chi connectivity index (χ2n) is 8.10. The van der Waals surface area contributed by atoms with Crippen molar-refractivity contribution in [2.24, 2.45) is 5.41 Å². The minimum absolute atomic E-state index is 0.166. The molecule has 0 N–H and O–H groups in total. The first kappa shape index (κ1) is 21.7. The van der Waals surface area contributed by atoms with Gasteiger partial charge in [0.15, 0.2) is 0 Å². The van der Waals surface area contributed by atoms with E-state index in [0.29, 0.717) is 30.5 Å². The van der Waals surface area contributed by atoms with Crippen molar-refractivity contribution >= 4 is 11.9 Å². The first-order valence-corrected chi connectivity index (χ1v) is 10.8. The van der Waals surface area contributed by atoms with Crippen molar-refractivity contribution in [3.8, 4) is 5.69 Å². The molecular formula is C25H26FN3O3. The number of hydrogen-bond donors (Lipinski definition) is 0. The fourth-order valence-corrected chi connectivity index (χ4v) is 4.36. The molecule has 1 unspecified atom stereocenters. The minimum Gasteiger partial charge on any atom is -0.466 e. The molecule has 2 aromatic carbocycles. The molecule has 1 aromatic heterocycles. The van der Waals surface area contributed by atoms with Crippen molar-refractivity contribution in [1.29, 1.82) is 0 Å². The Labute approximate surface area is 186 Å².